The summed E-state index contributed by atoms with van der Waals surface area (Å²) in [5.41, 5.74) is 5.39. The van der Waals surface area contributed by atoms with E-state index in [9.17, 15) is 4.79 Å². The lowest BCUT2D eigenvalue weighted by molar-refractivity contribution is -0.118. The normalized spacial score (nSPS) is 13.1. The second-order valence-corrected chi connectivity index (χ2v) is 6.63. The van der Waals surface area contributed by atoms with Crippen molar-refractivity contribution in [3.05, 3.63) is 53.7 Å². The quantitative estimate of drug-likeness (QED) is 0.721. The Morgan fingerprint density at radius 2 is 2.21 bits per heavy atom. The van der Waals surface area contributed by atoms with Gasteiger partial charge in [0.25, 0.3) is 0 Å². The first kappa shape index (κ1) is 15.0. The summed E-state index contributed by atoms with van der Waals surface area (Å²) in [7, 11) is 0. The van der Waals surface area contributed by atoms with E-state index in [0.29, 0.717) is 6.42 Å². The second-order valence-electron chi connectivity index (χ2n) is 5.77. The molecule has 5 heteroatoms. The Morgan fingerprint density at radius 1 is 1.29 bits per heavy atom. The number of benzene rings is 1. The molecule has 1 aromatic carbocycles. The number of rotatable bonds is 3. The van der Waals surface area contributed by atoms with Crippen LogP contribution in [0.4, 0.5) is 5.69 Å². The van der Waals surface area contributed by atoms with Crippen LogP contribution >= 0.6 is 11.3 Å². The fraction of sp³-hybridized carbons (Fsp3) is 0.211. The van der Waals surface area contributed by atoms with Crippen LogP contribution in [-0.2, 0) is 11.2 Å². The van der Waals surface area contributed by atoms with Crippen molar-refractivity contribution in [2.45, 2.75) is 19.8 Å². The molecule has 0 saturated carbocycles. The molecule has 0 N–H and O–H groups in total. The van der Waals surface area contributed by atoms with Gasteiger partial charge in [0, 0.05) is 47.6 Å². The second kappa shape index (κ2) is 6.17. The standard InChI is InChI=1S/C19H17N3OS/c1-2-18(23)22-9-7-14-10-13(5-6-17(14)22)16-12-24-19(21-16)15-4-3-8-20-11-15/h3-6,8,10-12H,2,7,9H2,1H3. The third kappa shape index (κ3) is 2.61. The predicted molar refractivity (Wildman–Crippen MR) is 97.1 cm³/mol. The number of amides is 1. The molecule has 0 aliphatic carbocycles. The summed E-state index contributed by atoms with van der Waals surface area (Å²) in [5.74, 6) is 0.189. The fourth-order valence-corrected chi connectivity index (χ4v) is 3.86. The van der Waals surface area contributed by atoms with Crippen LogP contribution in [0.1, 0.15) is 18.9 Å². The minimum atomic E-state index is 0.189. The molecule has 1 aliphatic heterocycles. The number of fused-ring (bicyclic) bond motifs is 1. The van der Waals surface area contributed by atoms with E-state index >= 15 is 0 Å². The van der Waals surface area contributed by atoms with Crippen LogP contribution in [0.3, 0.4) is 0 Å². The van der Waals surface area contributed by atoms with Crippen molar-refractivity contribution < 1.29 is 4.79 Å². The van der Waals surface area contributed by atoms with Crippen LogP contribution in [0.2, 0.25) is 0 Å². The molecule has 2 aromatic heterocycles. The number of pyridine rings is 1. The molecule has 4 rings (SSSR count). The number of nitrogens with zero attached hydrogens (tertiary/aromatic N) is 3. The lowest BCUT2D eigenvalue weighted by Gasteiger charge is -2.16. The van der Waals surface area contributed by atoms with E-state index < -0.39 is 0 Å². The molecule has 3 heterocycles. The van der Waals surface area contributed by atoms with Gasteiger partial charge in [0.1, 0.15) is 5.01 Å². The Labute approximate surface area is 144 Å². The van der Waals surface area contributed by atoms with E-state index in [1.54, 1.807) is 17.5 Å². The van der Waals surface area contributed by atoms with Gasteiger partial charge in [-0.1, -0.05) is 13.0 Å². The predicted octanol–water partition coefficient (Wildman–Crippen LogP) is 4.17. The van der Waals surface area contributed by atoms with Crippen LogP contribution < -0.4 is 4.90 Å². The monoisotopic (exact) mass is 335 g/mol. The molecule has 0 bridgehead atoms. The first-order chi connectivity index (χ1) is 11.8. The molecule has 1 amide bonds. The molecule has 0 radical (unpaired) electrons. The Hall–Kier alpha value is -2.53. The van der Waals surface area contributed by atoms with Gasteiger partial charge in [-0.2, -0.15) is 0 Å². The Morgan fingerprint density at radius 3 is 3.00 bits per heavy atom. The maximum atomic E-state index is 12.0. The minimum absolute atomic E-state index is 0.189. The van der Waals surface area contributed by atoms with E-state index in [4.69, 9.17) is 4.98 Å². The highest BCUT2D eigenvalue weighted by molar-refractivity contribution is 7.13. The molecular weight excluding hydrogens is 318 g/mol. The van der Waals surface area contributed by atoms with Gasteiger partial charge in [0.15, 0.2) is 0 Å². The molecule has 0 atom stereocenters. The number of anilines is 1. The van der Waals surface area contributed by atoms with Gasteiger partial charge in [0.05, 0.1) is 5.69 Å². The van der Waals surface area contributed by atoms with Gasteiger partial charge in [-0.05, 0) is 36.2 Å². The highest BCUT2D eigenvalue weighted by Crippen LogP contribution is 2.34. The molecule has 0 spiro atoms. The Kier molecular flexibility index (Phi) is 3.86. The van der Waals surface area contributed by atoms with Crippen LogP contribution in [0.15, 0.2) is 48.1 Å². The van der Waals surface area contributed by atoms with Crippen molar-refractivity contribution in [3.8, 4) is 21.8 Å². The maximum absolute atomic E-state index is 12.0. The van der Waals surface area contributed by atoms with E-state index in [0.717, 1.165) is 40.5 Å². The molecule has 0 saturated heterocycles. The molecular formula is C19H17N3OS. The molecule has 0 unspecified atom stereocenters. The highest BCUT2D eigenvalue weighted by atomic mass is 32.1. The van der Waals surface area contributed by atoms with Crippen LogP contribution in [-0.4, -0.2) is 22.4 Å². The summed E-state index contributed by atoms with van der Waals surface area (Å²) in [6, 6.07) is 10.2. The summed E-state index contributed by atoms with van der Waals surface area (Å²) in [6.07, 6.45) is 5.05. The number of hydrogen-bond acceptors (Lipinski definition) is 4. The van der Waals surface area contributed by atoms with E-state index in [-0.39, 0.29) is 5.91 Å². The minimum Gasteiger partial charge on any atom is -0.312 e. The summed E-state index contributed by atoms with van der Waals surface area (Å²) < 4.78 is 0. The molecule has 24 heavy (non-hydrogen) atoms. The molecule has 4 nitrogen and oxygen atoms in total. The van der Waals surface area contributed by atoms with Crippen molar-refractivity contribution in [3.63, 3.8) is 0 Å². The van der Waals surface area contributed by atoms with Gasteiger partial charge >= 0.3 is 0 Å². The number of carbonyl (C=O) groups excluding carboxylic acids is 1. The summed E-state index contributed by atoms with van der Waals surface area (Å²) in [5, 5.41) is 3.05. The fourth-order valence-electron chi connectivity index (χ4n) is 3.04. The first-order valence-corrected chi connectivity index (χ1v) is 8.94. The van der Waals surface area contributed by atoms with Gasteiger partial charge in [-0.15, -0.1) is 11.3 Å². The first-order valence-electron chi connectivity index (χ1n) is 8.06. The lowest BCUT2D eigenvalue weighted by atomic mass is 10.1. The van der Waals surface area contributed by atoms with Crippen LogP contribution in [0, 0.1) is 0 Å². The summed E-state index contributed by atoms with van der Waals surface area (Å²) >= 11 is 1.62. The maximum Gasteiger partial charge on any atom is 0.226 e. The van der Waals surface area contributed by atoms with E-state index in [2.05, 4.69) is 22.5 Å². The van der Waals surface area contributed by atoms with Gasteiger partial charge in [0.2, 0.25) is 5.91 Å². The molecule has 1 aliphatic rings. The molecule has 120 valence electrons. The van der Waals surface area contributed by atoms with Crippen molar-refractivity contribution in [2.24, 2.45) is 0 Å². The van der Waals surface area contributed by atoms with Crippen molar-refractivity contribution in [2.75, 3.05) is 11.4 Å². The number of aromatic nitrogens is 2. The zero-order valence-corrected chi connectivity index (χ0v) is 14.2. The smallest absolute Gasteiger partial charge is 0.226 e. The lowest BCUT2D eigenvalue weighted by Crippen LogP contribution is -2.27. The van der Waals surface area contributed by atoms with Crippen molar-refractivity contribution in [1.82, 2.24) is 9.97 Å². The van der Waals surface area contributed by atoms with E-state index in [1.165, 1.54) is 5.56 Å². The summed E-state index contributed by atoms with van der Waals surface area (Å²) in [4.78, 5) is 22.8. The van der Waals surface area contributed by atoms with Crippen molar-refractivity contribution in [1.29, 1.82) is 0 Å². The van der Waals surface area contributed by atoms with Gasteiger partial charge in [-0.25, -0.2) is 4.98 Å². The third-order valence-corrected chi connectivity index (χ3v) is 5.18. The zero-order valence-electron chi connectivity index (χ0n) is 13.4. The molecule has 0 fully saturated rings. The zero-order chi connectivity index (χ0) is 16.5. The van der Waals surface area contributed by atoms with E-state index in [1.807, 2.05) is 36.2 Å². The Balaban J connectivity index is 1.65. The van der Waals surface area contributed by atoms with Crippen LogP contribution in [0.25, 0.3) is 21.8 Å². The SMILES string of the molecule is CCC(=O)N1CCc2cc(-c3csc(-c4cccnc4)n3)ccc21. The average Bonchev–Trinajstić information content (AvgIpc) is 3.28. The largest absolute Gasteiger partial charge is 0.312 e. The highest BCUT2D eigenvalue weighted by Gasteiger charge is 2.23. The topological polar surface area (TPSA) is 46.1 Å². The average molecular weight is 335 g/mol. The summed E-state index contributed by atoms with van der Waals surface area (Å²) in [6.45, 7) is 2.69. The number of carbonyl (C=O) groups is 1. The Bertz CT molecular complexity index is 889. The molecule has 3 aromatic rings. The number of thiazole rings is 1. The number of hydrogen-bond donors (Lipinski definition) is 0. The van der Waals surface area contributed by atoms with Crippen molar-refractivity contribution >= 4 is 22.9 Å². The van der Waals surface area contributed by atoms with Crippen LogP contribution in [0.5, 0.6) is 0 Å². The third-order valence-electron chi connectivity index (χ3n) is 4.29. The van der Waals surface area contributed by atoms with Gasteiger partial charge < -0.3 is 4.90 Å². The van der Waals surface area contributed by atoms with Gasteiger partial charge in [-0.3, -0.25) is 9.78 Å².